The van der Waals surface area contributed by atoms with Crippen LogP contribution in [-0.4, -0.2) is 49.4 Å². The zero-order chi connectivity index (χ0) is 20.2. The Bertz CT molecular complexity index is 1150. The number of nitrogens with one attached hydrogen (secondary N) is 1. The second kappa shape index (κ2) is 6.33. The van der Waals surface area contributed by atoms with E-state index in [1.54, 1.807) is 11.8 Å². The first-order valence-electron chi connectivity index (χ1n) is 9.42. The third kappa shape index (κ3) is 3.12. The van der Waals surface area contributed by atoms with Crippen LogP contribution >= 0.6 is 0 Å². The fraction of sp³-hybridized carbons (Fsp3) is 0.350. The van der Waals surface area contributed by atoms with Crippen LogP contribution in [0, 0.1) is 12.7 Å². The quantitative estimate of drug-likeness (QED) is 0.726. The van der Waals surface area contributed by atoms with Crippen LogP contribution < -0.4 is 5.32 Å². The zero-order valence-corrected chi connectivity index (χ0v) is 16.1. The first-order chi connectivity index (χ1) is 13.9. The molecule has 1 aliphatic heterocycles. The van der Waals surface area contributed by atoms with Gasteiger partial charge in [-0.2, -0.15) is 0 Å². The van der Waals surface area contributed by atoms with Gasteiger partial charge in [0.25, 0.3) is 5.91 Å². The Morgan fingerprint density at radius 2 is 2.00 bits per heavy atom. The van der Waals surface area contributed by atoms with Gasteiger partial charge in [0, 0.05) is 24.2 Å². The summed E-state index contributed by atoms with van der Waals surface area (Å²) in [6.45, 7) is 4.62. The summed E-state index contributed by atoms with van der Waals surface area (Å²) in [5.74, 6) is 0.867. The molecule has 9 heteroatoms. The molecule has 148 valence electrons. The van der Waals surface area contributed by atoms with Gasteiger partial charge in [-0.15, -0.1) is 0 Å². The van der Waals surface area contributed by atoms with Crippen LogP contribution in [0.5, 0.6) is 0 Å². The maximum absolute atomic E-state index is 13.4. The Morgan fingerprint density at radius 1 is 1.24 bits per heavy atom. The van der Waals surface area contributed by atoms with E-state index in [4.69, 9.17) is 4.42 Å². The number of carbonyl (C=O) groups is 1. The van der Waals surface area contributed by atoms with Gasteiger partial charge in [-0.25, -0.2) is 24.3 Å². The van der Waals surface area contributed by atoms with Crippen LogP contribution in [-0.2, 0) is 0 Å². The topological polar surface area (TPSA) is 97.0 Å². The SMILES string of the molecule is Cc1oc2ncnc(NC3(C)CC3)c2c1C(=O)N1CC=C(c2ncc(F)cn2)C1. The van der Waals surface area contributed by atoms with Crippen LogP contribution in [0.15, 0.2) is 29.2 Å². The molecule has 0 bridgehead atoms. The number of aryl methyl sites for hydroxylation is 1. The van der Waals surface area contributed by atoms with Gasteiger partial charge < -0.3 is 14.6 Å². The van der Waals surface area contributed by atoms with E-state index in [0.29, 0.717) is 47.2 Å². The third-order valence-corrected chi connectivity index (χ3v) is 5.41. The summed E-state index contributed by atoms with van der Waals surface area (Å²) in [6.07, 6.45) is 7.66. The number of furan rings is 1. The Labute approximate surface area is 165 Å². The number of fused-ring (bicyclic) bond motifs is 1. The molecule has 1 N–H and O–H groups in total. The number of nitrogens with zero attached hydrogens (tertiary/aromatic N) is 5. The molecule has 0 radical (unpaired) electrons. The molecular weight excluding hydrogens is 375 g/mol. The number of anilines is 1. The molecule has 0 aromatic carbocycles. The van der Waals surface area contributed by atoms with Crippen molar-refractivity contribution in [3.63, 3.8) is 0 Å². The maximum atomic E-state index is 13.4. The molecule has 1 fully saturated rings. The average Bonchev–Trinajstić information content (AvgIpc) is 3.11. The molecule has 8 nitrogen and oxygen atoms in total. The molecule has 3 aromatic rings. The summed E-state index contributed by atoms with van der Waals surface area (Å²) < 4.78 is 18.8. The standard InChI is InChI=1S/C20H19FN6O2/c1-11-14(15-17(26-20(2)4-5-20)24-10-25-18(15)29-11)19(28)27-6-3-12(9-27)16-22-7-13(21)8-23-16/h3,7-8,10H,4-6,9H2,1-2H3,(H,24,25,26). The molecule has 0 unspecified atom stereocenters. The highest BCUT2D eigenvalue weighted by atomic mass is 19.1. The lowest BCUT2D eigenvalue weighted by atomic mass is 10.1. The lowest BCUT2D eigenvalue weighted by molar-refractivity contribution is 0.0801. The van der Waals surface area contributed by atoms with Gasteiger partial charge in [0.05, 0.1) is 23.3 Å². The van der Waals surface area contributed by atoms with Crippen molar-refractivity contribution in [1.29, 1.82) is 0 Å². The predicted molar refractivity (Wildman–Crippen MR) is 104 cm³/mol. The van der Waals surface area contributed by atoms with Gasteiger partial charge in [0.15, 0.2) is 11.6 Å². The second-order valence-electron chi connectivity index (χ2n) is 7.76. The van der Waals surface area contributed by atoms with E-state index in [2.05, 4.69) is 32.2 Å². The summed E-state index contributed by atoms with van der Waals surface area (Å²) in [6, 6.07) is 0. The Kier molecular flexibility index (Phi) is 3.87. The molecule has 0 atom stereocenters. The van der Waals surface area contributed by atoms with Crippen LogP contribution in [0.3, 0.4) is 0 Å². The predicted octanol–water partition coefficient (Wildman–Crippen LogP) is 2.96. The molecular formula is C20H19FN6O2. The van der Waals surface area contributed by atoms with Crippen LogP contribution in [0.25, 0.3) is 16.7 Å². The van der Waals surface area contributed by atoms with Gasteiger partial charge in [-0.1, -0.05) is 6.08 Å². The van der Waals surface area contributed by atoms with Crippen molar-refractivity contribution >= 4 is 28.4 Å². The van der Waals surface area contributed by atoms with Crippen molar-refractivity contribution < 1.29 is 13.6 Å². The summed E-state index contributed by atoms with van der Waals surface area (Å²) in [5.41, 5.74) is 1.63. The normalized spacial score (nSPS) is 17.5. The van der Waals surface area contributed by atoms with Gasteiger partial charge >= 0.3 is 0 Å². The molecule has 3 aromatic heterocycles. The second-order valence-corrected chi connectivity index (χ2v) is 7.76. The average molecular weight is 394 g/mol. The molecule has 5 rings (SSSR count). The van der Waals surface area contributed by atoms with Crippen molar-refractivity contribution in [1.82, 2.24) is 24.8 Å². The van der Waals surface area contributed by atoms with Crippen LogP contribution in [0.4, 0.5) is 10.2 Å². The first-order valence-corrected chi connectivity index (χ1v) is 9.42. The summed E-state index contributed by atoms with van der Waals surface area (Å²) in [5, 5.41) is 4.03. The Hall–Kier alpha value is -3.36. The lowest BCUT2D eigenvalue weighted by Crippen LogP contribution is -2.29. The Morgan fingerprint density at radius 3 is 2.72 bits per heavy atom. The van der Waals surface area contributed by atoms with E-state index >= 15 is 0 Å². The Balaban J connectivity index is 1.46. The highest BCUT2D eigenvalue weighted by molar-refractivity contribution is 6.10. The van der Waals surface area contributed by atoms with Crippen LogP contribution in [0.2, 0.25) is 0 Å². The van der Waals surface area contributed by atoms with Gasteiger partial charge in [0.2, 0.25) is 5.71 Å². The molecule has 1 saturated carbocycles. The number of hydrogen-bond donors (Lipinski definition) is 1. The molecule has 0 saturated heterocycles. The molecule has 1 aliphatic carbocycles. The van der Waals surface area contributed by atoms with Gasteiger partial charge in [-0.05, 0) is 26.7 Å². The molecule has 2 aliphatic rings. The summed E-state index contributed by atoms with van der Waals surface area (Å²) in [4.78, 5) is 31.6. The molecule has 0 spiro atoms. The van der Waals surface area contributed by atoms with Crippen molar-refractivity contribution in [3.05, 3.63) is 47.8 Å². The van der Waals surface area contributed by atoms with E-state index < -0.39 is 5.82 Å². The van der Waals surface area contributed by atoms with Crippen molar-refractivity contribution in [2.75, 3.05) is 18.4 Å². The fourth-order valence-electron chi connectivity index (χ4n) is 3.50. The molecule has 1 amide bonds. The highest BCUT2D eigenvalue weighted by Gasteiger charge is 2.39. The van der Waals surface area contributed by atoms with E-state index in [1.807, 2.05) is 6.08 Å². The van der Waals surface area contributed by atoms with E-state index in [9.17, 15) is 9.18 Å². The van der Waals surface area contributed by atoms with E-state index in [1.165, 1.54) is 6.33 Å². The highest BCUT2D eigenvalue weighted by Crippen LogP contribution is 2.40. The number of carbonyl (C=O) groups excluding carboxylic acids is 1. The van der Waals surface area contributed by atoms with Crippen molar-refractivity contribution in [2.45, 2.75) is 32.2 Å². The lowest BCUT2D eigenvalue weighted by Gasteiger charge is -2.17. The van der Waals surface area contributed by atoms with E-state index in [0.717, 1.165) is 30.8 Å². The number of rotatable bonds is 4. The summed E-state index contributed by atoms with van der Waals surface area (Å²) >= 11 is 0. The molecule has 4 heterocycles. The zero-order valence-electron chi connectivity index (χ0n) is 16.1. The minimum absolute atomic E-state index is 0.00489. The minimum Gasteiger partial charge on any atom is -0.442 e. The maximum Gasteiger partial charge on any atom is 0.258 e. The van der Waals surface area contributed by atoms with Crippen molar-refractivity contribution in [2.24, 2.45) is 0 Å². The van der Waals surface area contributed by atoms with Crippen LogP contribution in [0.1, 0.15) is 41.7 Å². The minimum atomic E-state index is -0.495. The largest absolute Gasteiger partial charge is 0.442 e. The monoisotopic (exact) mass is 394 g/mol. The molecule has 29 heavy (non-hydrogen) atoms. The smallest absolute Gasteiger partial charge is 0.258 e. The summed E-state index contributed by atoms with van der Waals surface area (Å²) in [7, 11) is 0. The van der Waals surface area contributed by atoms with E-state index in [-0.39, 0.29) is 11.4 Å². The fourth-order valence-corrected chi connectivity index (χ4v) is 3.50. The van der Waals surface area contributed by atoms with Gasteiger partial charge in [0.1, 0.15) is 17.9 Å². The van der Waals surface area contributed by atoms with Gasteiger partial charge in [-0.3, -0.25) is 4.79 Å². The number of hydrogen-bond acceptors (Lipinski definition) is 7. The van der Waals surface area contributed by atoms with Crippen molar-refractivity contribution in [3.8, 4) is 0 Å². The third-order valence-electron chi connectivity index (χ3n) is 5.41. The number of aromatic nitrogens is 4. The first kappa shape index (κ1) is 17.7. The number of amides is 1. The number of halogens is 1.